The fourth-order valence-corrected chi connectivity index (χ4v) is 3.99. The van der Waals surface area contributed by atoms with Crippen molar-refractivity contribution in [3.05, 3.63) is 88.8 Å². The largest absolute Gasteiger partial charge is 0.348 e. The van der Waals surface area contributed by atoms with Gasteiger partial charge in [-0.05, 0) is 41.2 Å². The molecule has 1 atom stereocenters. The van der Waals surface area contributed by atoms with Crippen molar-refractivity contribution < 1.29 is 9.18 Å². The molecular weight excluding hydrogens is 365 g/mol. The normalized spacial score (nSPS) is 16.1. The lowest BCUT2D eigenvalue weighted by Gasteiger charge is -2.35. The Balaban J connectivity index is 1.57. The maximum Gasteiger partial charge on any atom is 0.223 e. The van der Waals surface area contributed by atoms with E-state index in [1.807, 2.05) is 4.90 Å². The van der Waals surface area contributed by atoms with E-state index >= 15 is 0 Å². The van der Waals surface area contributed by atoms with Gasteiger partial charge in [0.25, 0.3) is 0 Å². The SMILES string of the molecule is CC(C)c1ccc(C2c3nc[nH]c3CCN2C(=O)CCc2ccc(F)cc2)cc1. The Hall–Kier alpha value is -2.95. The second-order valence-electron chi connectivity index (χ2n) is 7.95. The van der Waals surface area contributed by atoms with E-state index in [-0.39, 0.29) is 17.8 Å². The van der Waals surface area contributed by atoms with Gasteiger partial charge in [-0.25, -0.2) is 9.37 Å². The van der Waals surface area contributed by atoms with Crippen LogP contribution in [0.5, 0.6) is 0 Å². The minimum Gasteiger partial charge on any atom is -0.348 e. The van der Waals surface area contributed by atoms with Gasteiger partial charge in [0, 0.05) is 25.1 Å². The number of nitrogens with one attached hydrogen (secondary N) is 1. The minimum atomic E-state index is -0.257. The maximum absolute atomic E-state index is 13.1. The van der Waals surface area contributed by atoms with Crippen LogP contribution in [0.1, 0.15) is 60.3 Å². The van der Waals surface area contributed by atoms with Crippen molar-refractivity contribution in [3.8, 4) is 0 Å². The number of carbonyl (C=O) groups is 1. The van der Waals surface area contributed by atoms with Gasteiger partial charge in [-0.1, -0.05) is 50.2 Å². The zero-order valence-electron chi connectivity index (χ0n) is 16.9. The minimum absolute atomic E-state index is 0.0981. The lowest BCUT2D eigenvalue weighted by atomic mass is 9.93. The van der Waals surface area contributed by atoms with Gasteiger partial charge in [-0.2, -0.15) is 0 Å². The van der Waals surface area contributed by atoms with Crippen LogP contribution in [0, 0.1) is 5.82 Å². The summed E-state index contributed by atoms with van der Waals surface area (Å²) < 4.78 is 13.1. The first-order valence-electron chi connectivity index (χ1n) is 10.2. The lowest BCUT2D eigenvalue weighted by Crippen LogP contribution is -2.40. The molecule has 150 valence electrons. The molecule has 0 spiro atoms. The Kier molecular flexibility index (Phi) is 5.47. The number of carbonyl (C=O) groups excluding carboxylic acids is 1. The van der Waals surface area contributed by atoms with Gasteiger partial charge >= 0.3 is 0 Å². The standard InChI is InChI=1S/C24H26FN3O/c1-16(2)18-6-8-19(9-7-18)24-23-21(26-15-27-23)13-14-28(24)22(29)12-5-17-3-10-20(25)11-4-17/h3-4,6-11,15-16,24H,5,12-14H2,1-2H3,(H,26,27). The number of H-pyrrole nitrogens is 1. The van der Waals surface area contributed by atoms with Crippen molar-refractivity contribution in [2.24, 2.45) is 0 Å². The Morgan fingerprint density at radius 1 is 1.17 bits per heavy atom. The topological polar surface area (TPSA) is 49.0 Å². The van der Waals surface area contributed by atoms with Gasteiger partial charge in [0.05, 0.1) is 12.0 Å². The fraction of sp³-hybridized carbons (Fsp3) is 0.333. The monoisotopic (exact) mass is 391 g/mol. The molecule has 4 nitrogen and oxygen atoms in total. The molecule has 29 heavy (non-hydrogen) atoms. The van der Waals surface area contributed by atoms with Crippen molar-refractivity contribution in [1.29, 1.82) is 0 Å². The molecule has 3 aromatic rings. The summed E-state index contributed by atoms with van der Waals surface area (Å²) >= 11 is 0. The summed E-state index contributed by atoms with van der Waals surface area (Å²) in [5.74, 6) is 0.304. The van der Waals surface area contributed by atoms with Crippen LogP contribution in [0.15, 0.2) is 54.9 Å². The summed E-state index contributed by atoms with van der Waals surface area (Å²) in [5.41, 5.74) is 5.36. The van der Waals surface area contributed by atoms with Crippen molar-refractivity contribution in [2.75, 3.05) is 6.54 Å². The van der Waals surface area contributed by atoms with Crippen LogP contribution in [0.2, 0.25) is 0 Å². The molecule has 1 amide bonds. The summed E-state index contributed by atoms with van der Waals surface area (Å²) in [6, 6.07) is 14.7. The third kappa shape index (κ3) is 4.09. The molecule has 1 aromatic heterocycles. The highest BCUT2D eigenvalue weighted by molar-refractivity contribution is 5.78. The number of hydrogen-bond donors (Lipinski definition) is 1. The molecule has 0 saturated heterocycles. The zero-order chi connectivity index (χ0) is 20.4. The quantitative estimate of drug-likeness (QED) is 0.680. The van der Waals surface area contributed by atoms with Crippen LogP contribution in [0.25, 0.3) is 0 Å². The zero-order valence-corrected chi connectivity index (χ0v) is 16.9. The van der Waals surface area contributed by atoms with Crippen molar-refractivity contribution in [3.63, 3.8) is 0 Å². The average Bonchev–Trinajstić information content (AvgIpc) is 3.21. The average molecular weight is 391 g/mol. The van der Waals surface area contributed by atoms with E-state index in [1.165, 1.54) is 17.7 Å². The predicted molar refractivity (Wildman–Crippen MR) is 111 cm³/mol. The van der Waals surface area contributed by atoms with Gasteiger partial charge in [-0.15, -0.1) is 0 Å². The number of nitrogens with zero attached hydrogens (tertiary/aromatic N) is 2. The first-order chi connectivity index (χ1) is 14.0. The molecule has 4 rings (SSSR count). The first kappa shape index (κ1) is 19.4. The van der Waals surface area contributed by atoms with E-state index in [0.29, 0.717) is 25.3 Å². The predicted octanol–water partition coefficient (Wildman–Crippen LogP) is 4.78. The molecule has 0 fully saturated rings. The van der Waals surface area contributed by atoms with Crippen LogP contribution in [0.3, 0.4) is 0 Å². The first-order valence-corrected chi connectivity index (χ1v) is 10.2. The van der Waals surface area contributed by atoms with Crippen LogP contribution in [0.4, 0.5) is 4.39 Å². The van der Waals surface area contributed by atoms with Crippen molar-refractivity contribution in [2.45, 2.75) is 45.1 Å². The second-order valence-corrected chi connectivity index (χ2v) is 7.95. The number of hydrogen-bond acceptors (Lipinski definition) is 2. The lowest BCUT2D eigenvalue weighted by molar-refractivity contribution is -0.133. The number of amides is 1. The maximum atomic E-state index is 13.1. The third-order valence-electron chi connectivity index (χ3n) is 5.71. The number of benzene rings is 2. The number of imidazole rings is 1. The fourth-order valence-electron chi connectivity index (χ4n) is 3.99. The van der Waals surface area contributed by atoms with Crippen LogP contribution >= 0.6 is 0 Å². The molecule has 0 saturated carbocycles. The number of halogens is 1. The molecule has 0 aliphatic carbocycles. The van der Waals surface area contributed by atoms with Gasteiger partial charge < -0.3 is 9.88 Å². The highest BCUT2D eigenvalue weighted by atomic mass is 19.1. The summed E-state index contributed by atoms with van der Waals surface area (Å²) in [4.78, 5) is 22.9. The van der Waals surface area contributed by atoms with E-state index in [2.05, 4.69) is 48.1 Å². The molecule has 1 N–H and O–H groups in total. The number of aryl methyl sites for hydroxylation is 1. The van der Waals surface area contributed by atoms with E-state index in [9.17, 15) is 9.18 Å². The van der Waals surface area contributed by atoms with Crippen LogP contribution in [-0.2, 0) is 17.6 Å². The highest BCUT2D eigenvalue weighted by Crippen LogP contribution is 2.34. The molecule has 2 aromatic carbocycles. The Labute approximate surface area is 170 Å². The second kappa shape index (κ2) is 8.19. The molecular formula is C24H26FN3O. The Morgan fingerprint density at radius 3 is 2.59 bits per heavy atom. The summed E-state index contributed by atoms with van der Waals surface area (Å²) in [5, 5.41) is 0. The Bertz CT molecular complexity index is 976. The van der Waals surface area contributed by atoms with Gasteiger partial charge in [-0.3, -0.25) is 4.79 Å². The molecule has 1 aliphatic rings. The van der Waals surface area contributed by atoms with E-state index in [0.717, 1.165) is 28.9 Å². The van der Waals surface area contributed by atoms with E-state index < -0.39 is 0 Å². The summed E-state index contributed by atoms with van der Waals surface area (Å²) in [6.07, 6.45) is 3.48. The smallest absolute Gasteiger partial charge is 0.223 e. The molecule has 1 unspecified atom stereocenters. The third-order valence-corrected chi connectivity index (χ3v) is 5.71. The molecule has 1 aliphatic heterocycles. The number of fused-ring (bicyclic) bond motifs is 1. The number of rotatable bonds is 5. The van der Waals surface area contributed by atoms with Crippen molar-refractivity contribution in [1.82, 2.24) is 14.9 Å². The van der Waals surface area contributed by atoms with Gasteiger partial charge in [0.15, 0.2) is 0 Å². The van der Waals surface area contributed by atoms with Gasteiger partial charge in [0.1, 0.15) is 11.9 Å². The molecule has 2 heterocycles. The van der Waals surface area contributed by atoms with E-state index in [4.69, 9.17) is 0 Å². The van der Waals surface area contributed by atoms with E-state index in [1.54, 1.807) is 18.5 Å². The van der Waals surface area contributed by atoms with Crippen LogP contribution < -0.4 is 0 Å². The van der Waals surface area contributed by atoms with Gasteiger partial charge in [0.2, 0.25) is 5.91 Å². The number of aromatic amines is 1. The summed E-state index contributed by atoms with van der Waals surface area (Å²) in [7, 11) is 0. The highest BCUT2D eigenvalue weighted by Gasteiger charge is 2.33. The number of aromatic nitrogens is 2. The Morgan fingerprint density at radius 2 is 1.90 bits per heavy atom. The molecule has 0 radical (unpaired) electrons. The summed E-state index contributed by atoms with van der Waals surface area (Å²) in [6.45, 7) is 5.01. The van der Waals surface area contributed by atoms with Crippen LogP contribution in [-0.4, -0.2) is 27.3 Å². The molecule has 0 bridgehead atoms. The molecule has 5 heteroatoms. The van der Waals surface area contributed by atoms with Crippen molar-refractivity contribution >= 4 is 5.91 Å².